The Morgan fingerprint density at radius 1 is 1.40 bits per heavy atom. The number of nitrogens with one attached hydrogen (secondary N) is 1. The number of nitrogens with zero attached hydrogens (tertiary/aromatic N) is 2. The van der Waals surface area contributed by atoms with Crippen molar-refractivity contribution in [3.63, 3.8) is 0 Å². The summed E-state index contributed by atoms with van der Waals surface area (Å²) >= 11 is 0. The first-order valence-electron chi connectivity index (χ1n) is 6.73. The van der Waals surface area contributed by atoms with Crippen molar-refractivity contribution in [3.05, 3.63) is 30.2 Å². The quantitative estimate of drug-likeness (QED) is 0.857. The van der Waals surface area contributed by atoms with Crippen molar-refractivity contribution in [1.82, 2.24) is 15.5 Å². The molecular weight excluding hydrogens is 258 g/mol. The van der Waals surface area contributed by atoms with E-state index >= 15 is 0 Å². The maximum absolute atomic E-state index is 8.99. The topological polar surface area (TPSA) is 80.4 Å². The zero-order chi connectivity index (χ0) is 13.8. The van der Waals surface area contributed by atoms with Gasteiger partial charge in [-0.3, -0.25) is 4.98 Å². The summed E-state index contributed by atoms with van der Waals surface area (Å²) in [5, 5.41) is 16.1. The Bertz CT molecular complexity index is 564. The molecule has 1 fully saturated rings. The second-order valence-corrected chi connectivity index (χ2v) is 4.85. The van der Waals surface area contributed by atoms with Gasteiger partial charge in [0.1, 0.15) is 18.1 Å². The van der Waals surface area contributed by atoms with E-state index < -0.39 is 0 Å². The molecule has 0 amide bonds. The molecule has 0 aliphatic carbocycles. The number of rotatable bonds is 5. The molecule has 0 saturated carbocycles. The van der Waals surface area contributed by atoms with Crippen LogP contribution in [0.15, 0.2) is 29.0 Å². The third-order valence-corrected chi connectivity index (χ3v) is 3.33. The molecule has 6 nitrogen and oxygen atoms in total. The maximum Gasteiger partial charge on any atom is 0.168 e. The Labute approximate surface area is 116 Å². The predicted octanol–water partition coefficient (Wildman–Crippen LogP) is 1.36. The molecule has 106 valence electrons. The highest BCUT2D eigenvalue weighted by Gasteiger charge is 2.15. The van der Waals surface area contributed by atoms with E-state index in [1.807, 2.05) is 6.07 Å². The van der Waals surface area contributed by atoms with Crippen LogP contribution in [0, 0.1) is 0 Å². The molecule has 20 heavy (non-hydrogen) atoms. The third kappa shape index (κ3) is 2.97. The number of hydrogen-bond donors (Lipinski definition) is 2. The standard InChI is InChI=1S/C14H17N3O3/c18-8-12-5-14(20-17-12)10-4-13(7-15-6-10)19-9-11-2-1-3-16-11/h4-7,11,16,18H,1-3,8-9H2/t11-/m0/s1. The highest BCUT2D eigenvalue weighted by atomic mass is 16.5. The van der Waals surface area contributed by atoms with Crippen molar-refractivity contribution in [3.8, 4) is 17.1 Å². The van der Waals surface area contributed by atoms with Gasteiger partial charge in [0.15, 0.2) is 5.76 Å². The fraction of sp³-hybridized carbons (Fsp3) is 0.429. The van der Waals surface area contributed by atoms with Crippen LogP contribution in [0.4, 0.5) is 0 Å². The summed E-state index contributed by atoms with van der Waals surface area (Å²) in [6.45, 7) is 1.57. The SMILES string of the molecule is OCc1cc(-c2cncc(OC[C@@H]3CCCN3)c2)on1. The number of aromatic nitrogens is 2. The molecule has 0 spiro atoms. The molecule has 6 heteroatoms. The van der Waals surface area contributed by atoms with Crippen molar-refractivity contribution in [1.29, 1.82) is 0 Å². The molecule has 0 unspecified atom stereocenters. The van der Waals surface area contributed by atoms with Crippen molar-refractivity contribution in [2.45, 2.75) is 25.5 Å². The first kappa shape index (κ1) is 13.1. The third-order valence-electron chi connectivity index (χ3n) is 3.33. The second kappa shape index (κ2) is 6.02. The van der Waals surface area contributed by atoms with Gasteiger partial charge in [0, 0.05) is 23.9 Å². The van der Waals surface area contributed by atoms with Gasteiger partial charge in [-0.25, -0.2) is 0 Å². The molecule has 2 aromatic rings. The Hall–Kier alpha value is -1.92. The molecule has 0 bridgehead atoms. The van der Waals surface area contributed by atoms with Crippen LogP contribution in [0.25, 0.3) is 11.3 Å². The van der Waals surface area contributed by atoms with Gasteiger partial charge in [-0.15, -0.1) is 0 Å². The largest absolute Gasteiger partial charge is 0.490 e. The highest BCUT2D eigenvalue weighted by Crippen LogP contribution is 2.23. The van der Waals surface area contributed by atoms with Gasteiger partial charge >= 0.3 is 0 Å². The van der Waals surface area contributed by atoms with Crippen molar-refractivity contribution >= 4 is 0 Å². The summed E-state index contributed by atoms with van der Waals surface area (Å²) in [6.07, 6.45) is 5.72. The van der Waals surface area contributed by atoms with E-state index in [1.54, 1.807) is 18.5 Å². The van der Waals surface area contributed by atoms with E-state index in [-0.39, 0.29) is 6.61 Å². The van der Waals surface area contributed by atoms with E-state index in [1.165, 1.54) is 6.42 Å². The molecule has 0 radical (unpaired) electrons. The first-order chi connectivity index (χ1) is 9.85. The van der Waals surface area contributed by atoms with Gasteiger partial charge in [-0.05, 0) is 25.5 Å². The molecule has 3 heterocycles. The second-order valence-electron chi connectivity index (χ2n) is 4.85. The minimum absolute atomic E-state index is 0.138. The average molecular weight is 275 g/mol. The fourth-order valence-electron chi connectivity index (χ4n) is 2.25. The van der Waals surface area contributed by atoms with Gasteiger partial charge in [0.2, 0.25) is 0 Å². The molecule has 1 saturated heterocycles. The summed E-state index contributed by atoms with van der Waals surface area (Å²) in [4.78, 5) is 4.15. The molecule has 2 N–H and O–H groups in total. The number of hydrogen-bond acceptors (Lipinski definition) is 6. The Kier molecular flexibility index (Phi) is 3.94. The van der Waals surface area contributed by atoms with Crippen LogP contribution >= 0.6 is 0 Å². The zero-order valence-corrected chi connectivity index (χ0v) is 11.1. The number of aliphatic hydroxyl groups is 1. The van der Waals surface area contributed by atoms with E-state index in [9.17, 15) is 0 Å². The van der Waals surface area contributed by atoms with Crippen LogP contribution in [-0.4, -0.2) is 34.4 Å². The lowest BCUT2D eigenvalue weighted by atomic mass is 10.2. The van der Waals surface area contributed by atoms with Crippen molar-refractivity contribution in [2.75, 3.05) is 13.2 Å². The van der Waals surface area contributed by atoms with Gasteiger partial charge in [0.05, 0.1) is 12.8 Å². The smallest absolute Gasteiger partial charge is 0.168 e. The molecule has 1 atom stereocenters. The first-order valence-corrected chi connectivity index (χ1v) is 6.73. The molecule has 1 aliphatic rings. The summed E-state index contributed by atoms with van der Waals surface area (Å²) in [5.74, 6) is 1.28. The van der Waals surface area contributed by atoms with E-state index in [0.29, 0.717) is 29.9 Å². The molecule has 0 aromatic carbocycles. The minimum Gasteiger partial charge on any atom is -0.490 e. The highest BCUT2D eigenvalue weighted by molar-refractivity contribution is 5.57. The lowest BCUT2D eigenvalue weighted by Crippen LogP contribution is -2.28. The monoisotopic (exact) mass is 275 g/mol. The Balaban J connectivity index is 1.68. The van der Waals surface area contributed by atoms with Crippen LogP contribution in [0.5, 0.6) is 5.75 Å². The van der Waals surface area contributed by atoms with Crippen LogP contribution in [0.3, 0.4) is 0 Å². The maximum atomic E-state index is 8.99. The number of pyridine rings is 1. The van der Waals surface area contributed by atoms with Gasteiger partial charge in [0.25, 0.3) is 0 Å². The number of aliphatic hydroxyl groups excluding tert-OH is 1. The number of ether oxygens (including phenoxy) is 1. The summed E-state index contributed by atoms with van der Waals surface area (Å²) in [6, 6.07) is 3.98. The predicted molar refractivity (Wildman–Crippen MR) is 72.2 cm³/mol. The van der Waals surface area contributed by atoms with E-state index in [0.717, 1.165) is 18.5 Å². The van der Waals surface area contributed by atoms with Gasteiger partial charge in [-0.1, -0.05) is 5.16 Å². The van der Waals surface area contributed by atoms with Gasteiger partial charge in [-0.2, -0.15) is 0 Å². The molecule has 2 aromatic heterocycles. The minimum atomic E-state index is -0.138. The van der Waals surface area contributed by atoms with E-state index in [2.05, 4.69) is 15.5 Å². The Morgan fingerprint density at radius 3 is 3.10 bits per heavy atom. The van der Waals surface area contributed by atoms with Crippen molar-refractivity contribution in [2.24, 2.45) is 0 Å². The Morgan fingerprint density at radius 2 is 2.35 bits per heavy atom. The van der Waals surface area contributed by atoms with E-state index in [4.69, 9.17) is 14.4 Å². The van der Waals surface area contributed by atoms with Crippen LogP contribution in [0.2, 0.25) is 0 Å². The molecular formula is C14H17N3O3. The fourth-order valence-corrected chi connectivity index (χ4v) is 2.25. The summed E-state index contributed by atoms with van der Waals surface area (Å²) in [7, 11) is 0. The lowest BCUT2D eigenvalue weighted by Gasteiger charge is -2.12. The summed E-state index contributed by atoms with van der Waals surface area (Å²) in [5.41, 5.74) is 1.29. The van der Waals surface area contributed by atoms with Crippen molar-refractivity contribution < 1.29 is 14.4 Å². The average Bonchev–Trinajstić information content (AvgIpc) is 3.16. The van der Waals surface area contributed by atoms with Gasteiger partial charge < -0.3 is 19.7 Å². The zero-order valence-electron chi connectivity index (χ0n) is 11.1. The normalized spacial score (nSPS) is 18.4. The van der Waals surface area contributed by atoms with Crippen LogP contribution in [0.1, 0.15) is 18.5 Å². The van der Waals surface area contributed by atoms with Crippen LogP contribution < -0.4 is 10.1 Å². The summed E-state index contributed by atoms with van der Waals surface area (Å²) < 4.78 is 10.9. The lowest BCUT2D eigenvalue weighted by molar-refractivity contribution is 0.267. The molecule has 1 aliphatic heterocycles. The molecule has 3 rings (SSSR count). The van der Waals surface area contributed by atoms with Crippen LogP contribution in [-0.2, 0) is 6.61 Å².